The average molecular weight is 559 g/mol. The number of carboxylic acids is 2. The minimum atomic E-state index is -1.27. The number of β-lactam (4-membered cyclic amide) rings is 1. The van der Waals surface area contributed by atoms with Gasteiger partial charge in [0.1, 0.15) is 27.5 Å². The Balaban J connectivity index is 1.41. The van der Waals surface area contributed by atoms with E-state index < -0.39 is 47.2 Å². The van der Waals surface area contributed by atoms with Gasteiger partial charge in [0.05, 0.1) is 5.51 Å². The third-order valence-corrected chi connectivity index (χ3v) is 9.53. The van der Waals surface area contributed by atoms with E-state index in [-0.39, 0.29) is 29.5 Å². The first-order valence-electron chi connectivity index (χ1n) is 9.90. The minimum absolute atomic E-state index is 0.00471. The molecular formula is C18H18N6O7S4. The SMILES string of the molecule is Cc1nnc(SCC2(C(=O)O)CS[C@@H]3C(NC(=O)C(=NOCC(=O)O)c4cscn4)C(=O)N3C2)s1. The van der Waals surface area contributed by atoms with E-state index in [1.165, 1.54) is 62.0 Å². The molecule has 2 amide bonds. The molecule has 2 aromatic heterocycles. The maximum Gasteiger partial charge on any atom is 0.344 e. The summed E-state index contributed by atoms with van der Waals surface area (Å²) < 4.78 is 0.661. The van der Waals surface area contributed by atoms with Crippen LogP contribution in [-0.4, -0.2) is 95.8 Å². The standard InChI is InChI=1S/C18H18N6O7S4/c1-8-21-22-17(35-8)34-6-18(16(29)30)4-24-14(28)12(15(24)33-5-18)20-13(27)11(9-3-32-7-19-9)23-31-2-10(25)26/h3,7,12,15H,2,4-6H2,1H3,(H,20,27)(H,25,26)(H,29,30)/t12?,15-,18?/m1/s1. The highest BCUT2D eigenvalue weighted by molar-refractivity contribution is 8.01. The number of hydrogen-bond acceptors (Lipinski definition) is 13. The van der Waals surface area contributed by atoms with Crippen LogP contribution in [0.2, 0.25) is 0 Å². The molecule has 0 aliphatic carbocycles. The van der Waals surface area contributed by atoms with Crippen molar-refractivity contribution in [3.8, 4) is 0 Å². The number of carbonyl (C=O) groups excluding carboxylic acids is 2. The van der Waals surface area contributed by atoms with Crippen molar-refractivity contribution in [2.75, 3.05) is 24.7 Å². The van der Waals surface area contributed by atoms with Crippen molar-refractivity contribution in [1.29, 1.82) is 0 Å². The average Bonchev–Trinajstić information content (AvgIpc) is 3.50. The third-order valence-electron chi connectivity index (χ3n) is 5.10. The van der Waals surface area contributed by atoms with Crippen LogP contribution in [0.15, 0.2) is 20.4 Å². The molecule has 2 fully saturated rings. The zero-order valence-corrected chi connectivity index (χ0v) is 21.2. The summed E-state index contributed by atoms with van der Waals surface area (Å²) in [5.41, 5.74) is 0.207. The van der Waals surface area contributed by atoms with E-state index in [1.54, 1.807) is 0 Å². The van der Waals surface area contributed by atoms with Gasteiger partial charge in [-0.2, -0.15) is 0 Å². The van der Waals surface area contributed by atoms with Crippen molar-refractivity contribution >= 4 is 75.7 Å². The summed E-state index contributed by atoms with van der Waals surface area (Å²) in [6, 6.07) is -0.888. The highest BCUT2D eigenvalue weighted by Crippen LogP contribution is 2.44. The van der Waals surface area contributed by atoms with E-state index in [0.29, 0.717) is 4.34 Å². The molecule has 2 aliphatic rings. The lowest BCUT2D eigenvalue weighted by Crippen LogP contribution is -2.74. The van der Waals surface area contributed by atoms with Gasteiger partial charge in [-0.15, -0.1) is 33.3 Å². The second-order valence-corrected chi connectivity index (χ2v) is 11.8. The fraction of sp³-hybridized carbons (Fsp3) is 0.444. The molecule has 0 radical (unpaired) electrons. The van der Waals surface area contributed by atoms with Crippen LogP contribution in [0.3, 0.4) is 0 Å². The van der Waals surface area contributed by atoms with E-state index >= 15 is 0 Å². The van der Waals surface area contributed by atoms with Gasteiger partial charge < -0.3 is 25.3 Å². The van der Waals surface area contributed by atoms with Crippen molar-refractivity contribution in [3.05, 3.63) is 21.6 Å². The molecule has 3 atom stereocenters. The number of nitrogens with zero attached hydrogens (tertiary/aromatic N) is 5. The third kappa shape index (κ3) is 5.41. The number of carboxylic acid groups (broad SMARTS) is 2. The van der Waals surface area contributed by atoms with Crippen LogP contribution in [0, 0.1) is 12.3 Å². The van der Waals surface area contributed by atoms with E-state index in [2.05, 4.69) is 25.7 Å². The van der Waals surface area contributed by atoms with Gasteiger partial charge in [-0.1, -0.05) is 28.3 Å². The zero-order chi connectivity index (χ0) is 25.2. The normalized spacial score (nSPS) is 23.9. The predicted molar refractivity (Wildman–Crippen MR) is 128 cm³/mol. The Morgan fingerprint density at radius 1 is 1.37 bits per heavy atom. The summed E-state index contributed by atoms with van der Waals surface area (Å²) in [6.07, 6.45) is 0. The van der Waals surface area contributed by atoms with Gasteiger partial charge in [0.2, 0.25) is 12.5 Å². The molecule has 2 unspecified atom stereocenters. The van der Waals surface area contributed by atoms with Gasteiger partial charge in [-0.25, -0.2) is 9.78 Å². The van der Waals surface area contributed by atoms with Crippen molar-refractivity contribution in [3.63, 3.8) is 0 Å². The van der Waals surface area contributed by atoms with Crippen LogP contribution in [-0.2, 0) is 24.0 Å². The Labute approximate surface area is 214 Å². The monoisotopic (exact) mass is 558 g/mol. The topological polar surface area (TPSA) is 184 Å². The Kier molecular flexibility index (Phi) is 7.58. The molecule has 2 saturated heterocycles. The van der Waals surface area contributed by atoms with Crippen LogP contribution in [0.4, 0.5) is 0 Å². The lowest BCUT2D eigenvalue weighted by atomic mass is 9.89. The molecule has 0 bridgehead atoms. The zero-order valence-electron chi connectivity index (χ0n) is 17.9. The van der Waals surface area contributed by atoms with Crippen LogP contribution in [0.5, 0.6) is 0 Å². The second kappa shape index (κ2) is 10.5. The molecule has 0 spiro atoms. The first-order chi connectivity index (χ1) is 16.7. The number of nitrogens with one attached hydrogen (secondary N) is 1. The molecule has 0 aromatic carbocycles. The smallest absolute Gasteiger partial charge is 0.344 e. The number of rotatable bonds is 10. The number of amides is 2. The number of fused-ring (bicyclic) bond motifs is 1. The molecule has 3 N–H and O–H groups in total. The Hall–Kier alpha value is -2.76. The van der Waals surface area contributed by atoms with E-state index in [1.807, 2.05) is 6.92 Å². The molecule has 35 heavy (non-hydrogen) atoms. The fourth-order valence-corrected chi connectivity index (χ4v) is 7.55. The molecule has 4 heterocycles. The highest BCUT2D eigenvalue weighted by Gasteiger charge is 2.57. The number of aryl methyl sites for hydroxylation is 1. The number of aromatic nitrogens is 3. The number of carbonyl (C=O) groups is 4. The first kappa shape index (κ1) is 25.3. The molecular weight excluding hydrogens is 541 g/mol. The van der Waals surface area contributed by atoms with Crippen LogP contribution in [0.25, 0.3) is 0 Å². The molecule has 186 valence electrons. The van der Waals surface area contributed by atoms with Gasteiger partial charge >= 0.3 is 11.9 Å². The van der Waals surface area contributed by atoms with Gasteiger partial charge in [-0.3, -0.25) is 14.4 Å². The van der Waals surface area contributed by atoms with Crippen LogP contribution >= 0.6 is 46.2 Å². The lowest BCUT2D eigenvalue weighted by Gasteiger charge is -2.53. The largest absolute Gasteiger partial charge is 0.481 e. The molecule has 2 aliphatic heterocycles. The summed E-state index contributed by atoms with van der Waals surface area (Å²) in [5.74, 6) is -2.98. The van der Waals surface area contributed by atoms with E-state index in [0.717, 1.165) is 5.01 Å². The fourth-order valence-electron chi connectivity index (χ4n) is 3.34. The molecule has 13 nitrogen and oxygen atoms in total. The number of thiazole rings is 1. The second-order valence-electron chi connectivity index (χ2n) is 7.56. The van der Waals surface area contributed by atoms with Crippen LogP contribution < -0.4 is 5.32 Å². The predicted octanol–water partition coefficient (Wildman–Crippen LogP) is 0.372. The molecule has 17 heteroatoms. The first-order valence-corrected chi connectivity index (χ1v) is 13.7. The number of hydrogen-bond donors (Lipinski definition) is 3. The van der Waals surface area contributed by atoms with Gasteiger partial charge in [0.15, 0.2) is 10.1 Å². The van der Waals surface area contributed by atoms with Gasteiger partial charge in [0, 0.05) is 23.4 Å². The molecule has 0 saturated carbocycles. The van der Waals surface area contributed by atoms with Crippen molar-refractivity contribution < 1.29 is 34.2 Å². The van der Waals surface area contributed by atoms with Crippen molar-refractivity contribution in [1.82, 2.24) is 25.4 Å². The van der Waals surface area contributed by atoms with Gasteiger partial charge in [-0.05, 0) is 6.92 Å². The lowest BCUT2D eigenvalue weighted by molar-refractivity contribution is -0.157. The molecule has 4 rings (SSSR count). The maximum atomic E-state index is 12.8. The van der Waals surface area contributed by atoms with E-state index in [4.69, 9.17) is 9.94 Å². The van der Waals surface area contributed by atoms with Crippen molar-refractivity contribution in [2.24, 2.45) is 10.6 Å². The summed E-state index contributed by atoms with van der Waals surface area (Å²) in [4.78, 5) is 58.7. The number of aliphatic carboxylic acids is 2. The number of thioether (sulfide) groups is 2. The maximum absolute atomic E-state index is 12.8. The highest BCUT2D eigenvalue weighted by atomic mass is 32.2. The Morgan fingerprint density at radius 2 is 2.17 bits per heavy atom. The summed E-state index contributed by atoms with van der Waals surface area (Å²) >= 11 is 5.14. The summed E-state index contributed by atoms with van der Waals surface area (Å²) in [7, 11) is 0. The van der Waals surface area contributed by atoms with Crippen molar-refractivity contribution in [2.45, 2.75) is 22.7 Å². The summed E-state index contributed by atoms with van der Waals surface area (Å²) in [6.45, 7) is 1.07. The number of oxime groups is 1. The minimum Gasteiger partial charge on any atom is -0.481 e. The Bertz CT molecular complexity index is 1170. The van der Waals surface area contributed by atoms with E-state index in [9.17, 15) is 24.3 Å². The Morgan fingerprint density at radius 3 is 2.80 bits per heavy atom. The van der Waals surface area contributed by atoms with Crippen LogP contribution in [0.1, 0.15) is 10.7 Å². The molecule has 2 aromatic rings. The van der Waals surface area contributed by atoms with Gasteiger partial charge in [0.25, 0.3) is 5.91 Å². The quantitative estimate of drug-likeness (QED) is 0.158. The summed E-state index contributed by atoms with van der Waals surface area (Å²) in [5, 5.41) is 34.7.